The molecular weight excluding hydrogens is 336 g/mol. The molecule has 0 saturated heterocycles. The average molecular weight is 358 g/mol. The zero-order chi connectivity index (χ0) is 19.1. The first-order valence-electron chi connectivity index (χ1n) is 9.05. The van der Waals surface area contributed by atoms with Gasteiger partial charge in [0.15, 0.2) is 0 Å². The molecule has 0 radical (unpaired) electrons. The van der Waals surface area contributed by atoms with Gasteiger partial charge in [-0.15, -0.1) is 0 Å². The zero-order valence-electron chi connectivity index (χ0n) is 15.7. The molecule has 5 heteroatoms. The molecule has 0 aliphatic heterocycles. The number of fused-ring (bicyclic) bond motifs is 1. The van der Waals surface area contributed by atoms with Gasteiger partial charge in [-0.3, -0.25) is 4.79 Å². The minimum Gasteiger partial charge on any atom is -0.398 e. The second-order valence-corrected chi connectivity index (χ2v) is 6.98. The lowest BCUT2D eigenvalue weighted by Gasteiger charge is -2.09. The van der Waals surface area contributed by atoms with Gasteiger partial charge in [-0.05, 0) is 67.3 Å². The van der Waals surface area contributed by atoms with Crippen molar-refractivity contribution in [1.82, 2.24) is 15.2 Å². The Morgan fingerprint density at radius 2 is 1.78 bits per heavy atom. The van der Waals surface area contributed by atoms with Gasteiger partial charge in [-0.2, -0.15) is 5.10 Å². The normalized spacial score (nSPS) is 11.2. The fourth-order valence-electron chi connectivity index (χ4n) is 3.42. The monoisotopic (exact) mass is 358 g/mol. The first kappa shape index (κ1) is 17.1. The van der Waals surface area contributed by atoms with E-state index in [0.29, 0.717) is 11.3 Å². The summed E-state index contributed by atoms with van der Waals surface area (Å²) < 4.78 is 0. The molecule has 0 spiro atoms. The molecule has 0 saturated carbocycles. The smallest absolute Gasteiger partial charge is 0.273 e. The molecule has 27 heavy (non-hydrogen) atoms. The summed E-state index contributed by atoms with van der Waals surface area (Å²) in [7, 11) is 0. The summed E-state index contributed by atoms with van der Waals surface area (Å²) in [5.74, 6) is 0. The third kappa shape index (κ3) is 3.01. The van der Waals surface area contributed by atoms with Crippen molar-refractivity contribution in [3.63, 3.8) is 0 Å². The molecule has 0 aliphatic carbocycles. The van der Waals surface area contributed by atoms with Crippen LogP contribution in [0.1, 0.15) is 23.6 Å². The summed E-state index contributed by atoms with van der Waals surface area (Å²) >= 11 is 0. The summed E-state index contributed by atoms with van der Waals surface area (Å²) in [6.45, 7) is 6.07. The first-order valence-corrected chi connectivity index (χ1v) is 9.05. The van der Waals surface area contributed by atoms with Crippen molar-refractivity contribution in [2.75, 3.05) is 5.73 Å². The lowest BCUT2D eigenvalue weighted by atomic mass is 10.0. The highest BCUT2D eigenvalue weighted by Gasteiger charge is 2.12. The van der Waals surface area contributed by atoms with E-state index in [2.05, 4.69) is 40.3 Å². The SMILES string of the molecule is CCc1ccc2cc(-c3cc(-c4cc(C)c(N)c(C)c4)n[nH]c3=O)[nH]c2c1. The second kappa shape index (κ2) is 6.43. The predicted molar refractivity (Wildman–Crippen MR) is 111 cm³/mol. The standard InChI is InChI=1S/C22H22N4O/c1-4-14-5-6-15-10-20(24-18(15)9-14)17-11-19(25-26-22(17)27)16-7-12(2)21(23)13(3)8-16/h5-11,24H,4,23H2,1-3H3,(H,26,27). The van der Waals surface area contributed by atoms with E-state index in [1.165, 1.54) is 5.56 Å². The van der Waals surface area contributed by atoms with Crippen molar-refractivity contribution in [1.29, 1.82) is 0 Å². The molecule has 4 N–H and O–H groups in total. The van der Waals surface area contributed by atoms with Gasteiger partial charge in [0.25, 0.3) is 5.56 Å². The summed E-state index contributed by atoms with van der Waals surface area (Å²) in [6.07, 6.45) is 0.972. The van der Waals surface area contributed by atoms with Crippen LogP contribution in [-0.2, 0) is 6.42 Å². The van der Waals surface area contributed by atoms with Gasteiger partial charge in [0, 0.05) is 22.2 Å². The van der Waals surface area contributed by atoms with E-state index in [1.807, 2.05) is 38.1 Å². The van der Waals surface area contributed by atoms with Crippen molar-refractivity contribution in [2.45, 2.75) is 27.2 Å². The Balaban J connectivity index is 1.85. The number of nitrogens with one attached hydrogen (secondary N) is 2. The topological polar surface area (TPSA) is 87.6 Å². The van der Waals surface area contributed by atoms with Crippen LogP contribution in [0.3, 0.4) is 0 Å². The Morgan fingerprint density at radius 3 is 2.48 bits per heavy atom. The van der Waals surface area contributed by atoms with Gasteiger partial charge in [-0.1, -0.05) is 19.1 Å². The maximum absolute atomic E-state index is 12.4. The Bertz CT molecular complexity index is 1190. The summed E-state index contributed by atoms with van der Waals surface area (Å²) in [5.41, 5.74) is 13.9. The Labute approximate surface area is 157 Å². The molecule has 4 rings (SSSR count). The Morgan fingerprint density at radius 1 is 1.04 bits per heavy atom. The van der Waals surface area contributed by atoms with Crippen molar-refractivity contribution < 1.29 is 0 Å². The zero-order valence-corrected chi connectivity index (χ0v) is 15.7. The van der Waals surface area contributed by atoms with Gasteiger partial charge in [0.2, 0.25) is 0 Å². The molecule has 5 nitrogen and oxygen atoms in total. The average Bonchev–Trinajstić information content (AvgIpc) is 3.08. The summed E-state index contributed by atoms with van der Waals surface area (Å²) in [6, 6.07) is 14.1. The number of benzene rings is 2. The van der Waals surface area contributed by atoms with Crippen LogP contribution < -0.4 is 11.3 Å². The number of rotatable bonds is 3. The van der Waals surface area contributed by atoms with Gasteiger partial charge in [0.1, 0.15) is 0 Å². The quantitative estimate of drug-likeness (QED) is 0.476. The highest BCUT2D eigenvalue weighted by Crippen LogP contribution is 2.28. The van der Waals surface area contributed by atoms with Crippen LogP contribution in [0.25, 0.3) is 33.4 Å². The van der Waals surface area contributed by atoms with E-state index in [4.69, 9.17) is 5.73 Å². The van der Waals surface area contributed by atoms with Crippen molar-refractivity contribution in [3.8, 4) is 22.5 Å². The molecule has 2 aromatic heterocycles. The van der Waals surface area contributed by atoms with Gasteiger partial charge < -0.3 is 10.7 Å². The van der Waals surface area contributed by atoms with Crippen LogP contribution in [0.4, 0.5) is 5.69 Å². The van der Waals surface area contributed by atoms with Gasteiger partial charge >= 0.3 is 0 Å². The highest BCUT2D eigenvalue weighted by molar-refractivity contribution is 5.86. The molecule has 0 unspecified atom stereocenters. The number of hydrogen-bond acceptors (Lipinski definition) is 3. The maximum atomic E-state index is 12.4. The van der Waals surface area contributed by atoms with E-state index in [1.54, 1.807) is 0 Å². The van der Waals surface area contributed by atoms with Crippen LogP contribution in [-0.4, -0.2) is 15.2 Å². The molecule has 0 bridgehead atoms. The number of H-pyrrole nitrogens is 2. The number of aromatic amines is 2. The number of nitrogens with two attached hydrogens (primary N) is 1. The Kier molecular flexibility index (Phi) is 4.07. The van der Waals surface area contributed by atoms with E-state index in [0.717, 1.165) is 45.4 Å². The third-order valence-electron chi connectivity index (χ3n) is 5.08. The minimum absolute atomic E-state index is 0.218. The van der Waals surface area contributed by atoms with Gasteiger partial charge in [-0.25, -0.2) is 5.10 Å². The van der Waals surface area contributed by atoms with Crippen molar-refractivity contribution in [3.05, 3.63) is 69.5 Å². The molecule has 2 heterocycles. The van der Waals surface area contributed by atoms with Crippen LogP contribution in [0, 0.1) is 13.8 Å². The molecule has 136 valence electrons. The number of hydrogen-bond donors (Lipinski definition) is 3. The maximum Gasteiger partial charge on any atom is 0.273 e. The molecular formula is C22H22N4O. The fraction of sp³-hybridized carbons (Fsp3) is 0.182. The van der Waals surface area contributed by atoms with Crippen molar-refractivity contribution >= 4 is 16.6 Å². The van der Waals surface area contributed by atoms with Gasteiger partial charge in [0.05, 0.1) is 17.0 Å². The predicted octanol–water partition coefficient (Wildman–Crippen LogP) is 4.35. The van der Waals surface area contributed by atoms with Crippen LogP contribution in [0.15, 0.2) is 47.3 Å². The van der Waals surface area contributed by atoms with Crippen LogP contribution in [0.2, 0.25) is 0 Å². The van der Waals surface area contributed by atoms with Crippen LogP contribution in [0.5, 0.6) is 0 Å². The van der Waals surface area contributed by atoms with E-state index < -0.39 is 0 Å². The third-order valence-corrected chi connectivity index (χ3v) is 5.08. The lowest BCUT2D eigenvalue weighted by Crippen LogP contribution is -2.11. The van der Waals surface area contributed by atoms with E-state index in [9.17, 15) is 4.79 Å². The molecule has 0 fully saturated rings. The molecule has 0 aliphatic rings. The number of aromatic nitrogens is 3. The van der Waals surface area contributed by atoms with Crippen molar-refractivity contribution in [2.24, 2.45) is 0 Å². The molecule has 2 aromatic carbocycles. The lowest BCUT2D eigenvalue weighted by molar-refractivity contribution is 0.996. The highest BCUT2D eigenvalue weighted by atomic mass is 16.1. The molecule has 0 atom stereocenters. The van der Waals surface area contributed by atoms with E-state index in [-0.39, 0.29) is 5.56 Å². The summed E-state index contributed by atoms with van der Waals surface area (Å²) in [4.78, 5) is 15.8. The number of nitrogen functional groups attached to an aromatic ring is 1. The number of anilines is 1. The summed E-state index contributed by atoms with van der Waals surface area (Å²) in [5, 5.41) is 7.95. The largest absolute Gasteiger partial charge is 0.398 e. The number of nitrogens with zero attached hydrogens (tertiary/aromatic N) is 1. The molecule has 0 amide bonds. The second-order valence-electron chi connectivity index (χ2n) is 6.98. The first-order chi connectivity index (χ1) is 13.0. The number of aryl methyl sites for hydroxylation is 3. The van der Waals surface area contributed by atoms with Crippen LogP contribution >= 0.6 is 0 Å². The Hall–Kier alpha value is -3.34. The minimum atomic E-state index is -0.218. The fourth-order valence-corrected chi connectivity index (χ4v) is 3.42. The van der Waals surface area contributed by atoms with E-state index >= 15 is 0 Å². The molecule has 4 aromatic rings.